The summed E-state index contributed by atoms with van der Waals surface area (Å²) in [5, 5.41) is 9.70. The topological polar surface area (TPSA) is 56.6 Å². The Morgan fingerprint density at radius 3 is 2.93 bits per heavy atom. The van der Waals surface area contributed by atoms with Gasteiger partial charge in [-0.2, -0.15) is 5.26 Å². The molecule has 3 nitrogen and oxygen atoms in total. The Kier molecular flexibility index (Phi) is 1.83. The van der Waals surface area contributed by atoms with E-state index in [-0.39, 0.29) is 0 Å². The largest absolute Gasteiger partial charge is 0.359 e. The molecule has 0 aliphatic rings. The van der Waals surface area contributed by atoms with Crippen molar-refractivity contribution in [2.45, 2.75) is 6.92 Å². The first-order valence-corrected chi connectivity index (χ1v) is 4.24. The lowest BCUT2D eigenvalue weighted by Gasteiger charge is -1.98. The second kappa shape index (κ2) is 3.00. The lowest BCUT2D eigenvalue weighted by molar-refractivity contribution is 0.112. The quantitative estimate of drug-likeness (QED) is 0.690. The van der Waals surface area contributed by atoms with Crippen LogP contribution >= 0.6 is 0 Å². The minimum absolute atomic E-state index is 0.568. The molecule has 0 saturated heterocycles. The highest BCUT2D eigenvalue weighted by Crippen LogP contribution is 2.23. The van der Waals surface area contributed by atoms with Gasteiger partial charge in [-0.05, 0) is 18.6 Å². The summed E-state index contributed by atoms with van der Waals surface area (Å²) in [6.45, 7) is 1.92. The van der Waals surface area contributed by atoms with Gasteiger partial charge in [0.05, 0.1) is 11.1 Å². The van der Waals surface area contributed by atoms with Gasteiger partial charge in [-0.3, -0.25) is 4.79 Å². The van der Waals surface area contributed by atoms with Gasteiger partial charge in [0.15, 0.2) is 6.29 Å². The molecule has 0 atom stereocenters. The van der Waals surface area contributed by atoms with Crippen molar-refractivity contribution < 1.29 is 4.79 Å². The van der Waals surface area contributed by atoms with Gasteiger partial charge in [-0.15, -0.1) is 0 Å². The van der Waals surface area contributed by atoms with E-state index in [1.165, 1.54) is 0 Å². The molecular formula is C11H8N2O. The fourth-order valence-corrected chi connectivity index (χ4v) is 1.64. The Morgan fingerprint density at radius 2 is 2.29 bits per heavy atom. The summed E-state index contributed by atoms with van der Waals surface area (Å²) in [4.78, 5) is 13.7. The van der Waals surface area contributed by atoms with Crippen LogP contribution in [-0.2, 0) is 0 Å². The maximum absolute atomic E-state index is 10.7. The number of aromatic nitrogens is 1. The van der Waals surface area contributed by atoms with Gasteiger partial charge in [-0.25, -0.2) is 0 Å². The first kappa shape index (κ1) is 8.52. The van der Waals surface area contributed by atoms with Gasteiger partial charge in [0.25, 0.3) is 0 Å². The number of nitriles is 1. The molecule has 1 aromatic carbocycles. The molecule has 1 aromatic heterocycles. The van der Waals surface area contributed by atoms with Crippen molar-refractivity contribution in [3.63, 3.8) is 0 Å². The molecule has 0 aliphatic heterocycles. The zero-order valence-electron chi connectivity index (χ0n) is 7.66. The first-order chi connectivity index (χ1) is 6.77. The third-order valence-electron chi connectivity index (χ3n) is 2.32. The van der Waals surface area contributed by atoms with Crippen LogP contribution in [0, 0.1) is 18.3 Å². The number of hydrogen-bond donors (Lipinski definition) is 1. The Balaban J connectivity index is 2.95. The van der Waals surface area contributed by atoms with Crippen molar-refractivity contribution in [1.82, 2.24) is 4.98 Å². The fraction of sp³-hybridized carbons (Fsp3) is 0.0909. The molecule has 68 valence electrons. The summed E-state index contributed by atoms with van der Waals surface area (Å²) in [6, 6.07) is 5.69. The highest BCUT2D eigenvalue weighted by Gasteiger charge is 2.08. The third kappa shape index (κ3) is 1.01. The Morgan fingerprint density at radius 1 is 1.50 bits per heavy atom. The zero-order chi connectivity index (χ0) is 10.1. The van der Waals surface area contributed by atoms with Crippen molar-refractivity contribution in [3.05, 3.63) is 35.0 Å². The van der Waals surface area contributed by atoms with Crippen molar-refractivity contribution >= 4 is 17.2 Å². The molecule has 0 bridgehead atoms. The van der Waals surface area contributed by atoms with Crippen LogP contribution in [-0.4, -0.2) is 11.3 Å². The number of carbonyl (C=O) groups excluding carboxylic acids is 1. The van der Waals surface area contributed by atoms with Crippen LogP contribution in [0.5, 0.6) is 0 Å². The first-order valence-electron chi connectivity index (χ1n) is 4.24. The summed E-state index contributed by atoms with van der Waals surface area (Å²) in [5.41, 5.74) is 2.92. The average Bonchev–Trinajstić information content (AvgIpc) is 2.63. The van der Waals surface area contributed by atoms with Crippen LogP contribution in [0.2, 0.25) is 0 Å². The van der Waals surface area contributed by atoms with E-state index in [9.17, 15) is 4.79 Å². The molecule has 14 heavy (non-hydrogen) atoms. The van der Waals surface area contributed by atoms with E-state index in [0.717, 1.165) is 22.8 Å². The minimum Gasteiger partial charge on any atom is -0.359 e. The number of nitrogens with one attached hydrogen (secondary N) is 1. The van der Waals surface area contributed by atoms with Crippen LogP contribution in [0.15, 0.2) is 18.3 Å². The van der Waals surface area contributed by atoms with Crippen LogP contribution in [0.4, 0.5) is 0 Å². The Bertz CT molecular complexity index is 546. The number of rotatable bonds is 1. The lowest BCUT2D eigenvalue weighted by Crippen LogP contribution is -1.83. The number of benzene rings is 1. The highest BCUT2D eigenvalue weighted by molar-refractivity contribution is 6.01. The smallest absolute Gasteiger partial charge is 0.152 e. The zero-order valence-corrected chi connectivity index (χ0v) is 7.66. The van der Waals surface area contributed by atoms with E-state index >= 15 is 0 Å². The second-order valence-corrected chi connectivity index (χ2v) is 3.15. The standard InChI is InChI=1S/C11H8N2O/c1-7-2-3-8(4-12)11-10(7)9(6-14)5-13-11/h2-3,5-6,13H,1H3. The number of carbonyl (C=O) groups is 1. The van der Waals surface area contributed by atoms with Gasteiger partial charge < -0.3 is 4.98 Å². The number of aryl methyl sites for hydroxylation is 1. The molecule has 0 amide bonds. The number of H-pyrrole nitrogens is 1. The molecule has 0 spiro atoms. The van der Waals surface area contributed by atoms with Crippen molar-refractivity contribution in [1.29, 1.82) is 5.26 Å². The minimum atomic E-state index is 0.568. The fourth-order valence-electron chi connectivity index (χ4n) is 1.64. The molecule has 0 radical (unpaired) electrons. The number of hydrogen-bond acceptors (Lipinski definition) is 2. The monoisotopic (exact) mass is 184 g/mol. The predicted molar refractivity (Wildman–Crippen MR) is 53.1 cm³/mol. The second-order valence-electron chi connectivity index (χ2n) is 3.15. The van der Waals surface area contributed by atoms with Gasteiger partial charge >= 0.3 is 0 Å². The number of nitrogens with zero attached hydrogens (tertiary/aromatic N) is 1. The van der Waals surface area contributed by atoms with E-state index in [0.29, 0.717) is 11.1 Å². The Hall–Kier alpha value is -2.08. The molecule has 1 heterocycles. The van der Waals surface area contributed by atoms with Gasteiger partial charge in [0.1, 0.15) is 6.07 Å². The summed E-state index contributed by atoms with van der Waals surface area (Å²) in [6.07, 6.45) is 2.43. The molecule has 1 N–H and O–H groups in total. The summed E-state index contributed by atoms with van der Waals surface area (Å²) in [7, 11) is 0. The van der Waals surface area contributed by atoms with Crippen molar-refractivity contribution in [3.8, 4) is 6.07 Å². The van der Waals surface area contributed by atoms with Gasteiger partial charge in [0, 0.05) is 17.1 Å². The SMILES string of the molecule is Cc1ccc(C#N)c2[nH]cc(C=O)c12. The summed E-state index contributed by atoms with van der Waals surface area (Å²) >= 11 is 0. The van der Waals surface area contributed by atoms with E-state index in [1.54, 1.807) is 12.3 Å². The van der Waals surface area contributed by atoms with Crippen LogP contribution < -0.4 is 0 Å². The molecule has 0 saturated carbocycles. The molecule has 0 fully saturated rings. The van der Waals surface area contributed by atoms with Crippen LogP contribution in [0.1, 0.15) is 21.5 Å². The molecular weight excluding hydrogens is 176 g/mol. The third-order valence-corrected chi connectivity index (χ3v) is 2.32. The number of fused-ring (bicyclic) bond motifs is 1. The number of aromatic amines is 1. The van der Waals surface area contributed by atoms with Crippen LogP contribution in [0.25, 0.3) is 10.9 Å². The summed E-state index contributed by atoms with van der Waals surface area (Å²) in [5.74, 6) is 0. The van der Waals surface area contributed by atoms with Crippen molar-refractivity contribution in [2.24, 2.45) is 0 Å². The van der Waals surface area contributed by atoms with E-state index in [2.05, 4.69) is 11.1 Å². The lowest BCUT2D eigenvalue weighted by atomic mass is 10.0. The molecule has 2 rings (SSSR count). The van der Waals surface area contributed by atoms with E-state index < -0.39 is 0 Å². The maximum atomic E-state index is 10.7. The molecule has 0 unspecified atom stereocenters. The van der Waals surface area contributed by atoms with E-state index in [1.807, 2.05) is 13.0 Å². The summed E-state index contributed by atoms with van der Waals surface area (Å²) < 4.78 is 0. The van der Waals surface area contributed by atoms with Gasteiger partial charge in [-0.1, -0.05) is 6.07 Å². The predicted octanol–water partition coefficient (Wildman–Crippen LogP) is 2.16. The molecule has 3 heteroatoms. The molecule has 2 aromatic rings. The average molecular weight is 184 g/mol. The van der Waals surface area contributed by atoms with Crippen molar-refractivity contribution in [2.75, 3.05) is 0 Å². The normalized spacial score (nSPS) is 10.0. The maximum Gasteiger partial charge on any atom is 0.152 e. The van der Waals surface area contributed by atoms with Crippen LogP contribution in [0.3, 0.4) is 0 Å². The molecule has 0 aliphatic carbocycles. The highest BCUT2D eigenvalue weighted by atomic mass is 16.1. The van der Waals surface area contributed by atoms with Gasteiger partial charge in [0.2, 0.25) is 0 Å². The van der Waals surface area contributed by atoms with E-state index in [4.69, 9.17) is 5.26 Å². The Labute approximate surface area is 81.0 Å². The number of aldehydes is 1.